The lowest BCUT2D eigenvalue weighted by molar-refractivity contribution is 0.286. The quantitative estimate of drug-likeness (QED) is 0.487. The van der Waals surface area contributed by atoms with Gasteiger partial charge in [0.1, 0.15) is 0 Å². The Kier molecular flexibility index (Phi) is 5.75. The van der Waals surface area contributed by atoms with Crippen molar-refractivity contribution in [1.82, 2.24) is 0 Å². The van der Waals surface area contributed by atoms with Crippen molar-refractivity contribution in [1.29, 1.82) is 0 Å². The van der Waals surface area contributed by atoms with Gasteiger partial charge in [-0.05, 0) is 39.2 Å². The largest absolute Gasteiger partial charge is 0.403 e. The molecule has 0 aliphatic carbocycles. The molecule has 0 heterocycles. The molecule has 0 saturated carbocycles. The summed E-state index contributed by atoms with van der Waals surface area (Å²) >= 11 is 6.41. The Morgan fingerprint density at radius 1 is 0.852 bits per heavy atom. The number of anilines is 1. The number of nitrogen functional groups attached to an aromatic ring is 1. The number of rotatable bonds is 5. The number of benzene rings is 3. The van der Waals surface area contributed by atoms with Crippen LogP contribution in [0.25, 0.3) is 0 Å². The zero-order valence-corrected chi connectivity index (χ0v) is 17.8. The van der Waals surface area contributed by atoms with E-state index in [0.717, 1.165) is 5.56 Å². The molecule has 27 heavy (non-hydrogen) atoms. The minimum Gasteiger partial charge on any atom is -0.403 e. The standard InChI is InChI=1S/C23H26ClNOSi/c1-23(2,3)27(20-10-6-4-7-11-20,21-12-8-5-9-13-21)26-17-18-16-19(25)14-15-22(18)24/h4-16H,17,25H2,1-3H3. The molecule has 0 fully saturated rings. The molecule has 4 heteroatoms. The van der Waals surface area contributed by atoms with Crippen molar-refractivity contribution in [2.45, 2.75) is 32.4 Å². The minimum atomic E-state index is -2.57. The third-order valence-corrected chi connectivity index (χ3v) is 10.3. The third-order valence-electron chi connectivity index (χ3n) is 4.93. The van der Waals surface area contributed by atoms with Crippen molar-refractivity contribution in [2.24, 2.45) is 0 Å². The van der Waals surface area contributed by atoms with Crippen molar-refractivity contribution in [3.8, 4) is 0 Å². The molecule has 2 nitrogen and oxygen atoms in total. The Morgan fingerprint density at radius 2 is 1.37 bits per heavy atom. The number of hydrogen-bond donors (Lipinski definition) is 1. The second-order valence-electron chi connectivity index (χ2n) is 7.80. The van der Waals surface area contributed by atoms with Gasteiger partial charge in [0.2, 0.25) is 0 Å². The van der Waals surface area contributed by atoms with Gasteiger partial charge in [-0.15, -0.1) is 0 Å². The topological polar surface area (TPSA) is 35.2 Å². The van der Waals surface area contributed by atoms with Crippen LogP contribution in [-0.4, -0.2) is 8.32 Å². The van der Waals surface area contributed by atoms with Crippen LogP contribution in [0.5, 0.6) is 0 Å². The van der Waals surface area contributed by atoms with E-state index >= 15 is 0 Å². The monoisotopic (exact) mass is 395 g/mol. The highest BCUT2D eigenvalue weighted by Crippen LogP contribution is 2.37. The van der Waals surface area contributed by atoms with Crippen molar-refractivity contribution in [2.75, 3.05) is 5.73 Å². The van der Waals surface area contributed by atoms with E-state index in [2.05, 4.69) is 69.3 Å². The Bertz CT molecular complexity index is 852. The highest BCUT2D eigenvalue weighted by molar-refractivity contribution is 6.99. The van der Waals surface area contributed by atoms with Crippen LogP contribution in [0.4, 0.5) is 5.69 Å². The van der Waals surface area contributed by atoms with Crippen LogP contribution >= 0.6 is 11.6 Å². The first kappa shape index (κ1) is 19.7. The average Bonchev–Trinajstić information content (AvgIpc) is 2.65. The summed E-state index contributed by atoms with van der Waals surface area (Å²) in [6.07, 6.45) is 0. The summed E-state index contributed by atoms with van der Waals surface area (Å²) in [5.74, 6) is 0. The molecular formula is C23H26ClNOSi. The molecule has 0 atom stereocenters. The van der Waals surface area contributed by atoms with Gasteiger partial charge in [-0.3, -0.25) is 0 Å². The molecule has 140 valence electrons. The van der Waals surface area contributed by atoms with E-state index in [1.807, 2.05) is 30.3 Å². The maximum Gasteiger partial charge on any atom is 0.261 e. The zero-order chi connectivity index (χ0) is 19.5. The van der Waals surface area contributed by atoms with E-state index < -0.39 is 8.32 Å². The predicted molar refractivity (Wildman–Crippen MR) is 118 cm³/mol. The van der Waals surface area contributed by atoms with Gasteiger partial charge in [0.25, 0.3) is 8.32 Å². The molecule has 3 rings (SSSR count). The fourth-order valence-electron chi connectivity index (χ4n) is 3.65. The van der Waals surface area contributed by atoms with Crippen molar-refractivity contribution >= 4 is 36.0 Å². The van der Waals surface area contributed by atoms with Crippen molar-refractivity contribution < 1.29 is 4.43 Å². The Hall–Kier alpha value is -2.07. The fourth-order valence-corrected chi connectivity index (χ4v) is 8.35. The summed E-state index contributed by atoms with van der Waals surface area (Å²) < 4.78 is 6.89. The lowest BCUT2D eigenvalue weighted by Gasteiger charge is -2.43. The van der Waals surface area contributed by atoms with E-state index in [4.69, 9.17) is 21.8 Å². The highest BCUT2D eigenvalue weighted by Gasteiger charge is 2.50. The summed E-state index contributed by atoms with van der Waals surface area (Å²) in [6.45, 7) is 7.22. The Balaban J connectivity index is 2.13. The first-order valence-electron chi connectivity index (χ1n) is 9.13. The highest BCUT2D eigenvalue weighted by atomic mass is 35.5. The number of nitrogens with two attached hydrogens (primary N) is 1. The number of halogens is 1. The molecule has 0 saturated heterocycles. The van der Waals surface area contributed by atoms with E-state index in [9.17, 15) is 0 Å². The fraction of sp³-hybridized carbons (Fsp3) is 0.217. The maximum atomic E-state index is 6.89. The SMILES string of the molecule is CC(C)(C)[Si](OCc1cc(N)ccc1Cl)(c1ccccc1)c1ccccc1. The van der Waals surface area contributed by atoms with Gasteiger partial charge in [-0.1, -0.05) is 93.0 Å². The van der Waals surface area contributed by atoms with Gasteiger partial charge < -0.3 is 10.2 Å². The summed E-state index contributed by atoms with van der Waals surface area (Å²) in [5, 5.41) is 3.12. The molecule has 3 aromatic rings. The van der Waals surface area contributed by atoms with Gasteiger partial charge in [-0.2, -0.15) is 0 Å². The second-order valence-corrected chi connectivity index (χ2v) is 12.5. The maximum absolute atomic E-state index is 6.89. The molecule has 3 aromatic carbocycles. The molecule has 0 bridgehead atoms. The average molecular weight is 396 g/mol. The van der Waals surface area contributed by atoms with Crippen LogP contribution in [0.2, 0.25) is 10.1 Å². The summed E-state index contributed by atoms with van der Waals surface area (Å²) in [4.78, 5) is 0. The van der Waals surface area contributed by atoms with E-state index in [-0.39, 0.29) is 5.04 Å². The summed E-state index contributed by atoms with van der Waals surface area (Å²) in [6, 6.07) is 26.7. The third kappa shape index (κ3) is 3.96. The van der Waals surface area contributed by atoms with Crippen LogP contribution in [-0.2, 0) is 11.0 Å². The van der Waals surface area contributed by atoms with Crippen molar-refractivity contribution in [3.05, 3.63) is 89.4 Å². The lowest BCUT2D eigenvalue weighted by atomic mass is 10.2. The van der Waals surface area contributed by atoms with Crippen LogP contribution in [0, 0.1) is 0 Å². The van der Waals surface area contributed by atoms with Gasteiger partial charge in [-0.25, -0.2) is 0 Å². The van der Waals surface area contributed by atoms with Crippen molar-refractivity contribution in [3.63, 3.8) is 0 Å². The minimum absolute atomic E-state index is 0.0670. The molecule has 0 aliphatic rings. The summed E-state index contributed by atoms with van der Waals surface area (Å²) in [5.41, 5.74) is 7.59. The molecular weight excluding hydrogens is 370 g/mol. The molecule has 0 amide bonds. The van der Waals surface area contributed by atoms with E-state index in [1.165, 1.54) is 10.4 Å². The predicted octanol–water partition coefficient (Wildman–Crippen LogP) is 5.00. The normalized spacial score (nSPS) is 12.1. The van der Waals surface area contributed by atoms with Gasteiger partial charge >= 0.3 is 0 Å². The first-order chi connectivity index (χ1) is 12.8. The molecule has 0 radical (unpaired) electrons. The van der Waals surface area contributed by atoms with Gasteiger partial charge in [0.15, 0.2) is 0 Å². The van der Waals surface area contributed by atoms with E-state index in [1.54, 1.807) is 0 Å². The Labute approximate surface area is 168 Å². The zero-order valence-electron chi connectivity index (χ0n) is 16.1. The first-order valence-corrected chi connectivity index (χ1v) is 11.4. The van der Waals surface area contributed by atoms with Crippen LogP contribution in [0.15, 0.2) is 78.9 Å². The smallest absolute Gasteiger partial charge is 0.261 e. The van der Waals surface area contributed by atoms with Crippen LogP contribution < -0.4 is 16.1 Å². The van der Waals surface area contributed by atoms with Gasteiger partial charge in [0.05, 0.1) is 6.61 Å². The van der Waals surface area contributed by atoms with Crippen LogP contribution in [0.1, 0.15) is 26.3 Å². The van der Waals surface area contributed by atoms with Gasteiger partial charge in [0, 0.05) is 10.7 Å². The lowest BCUT2D eigenvalue weighted by Crippen LogP contribution is -2.66. The molecule has 0 aromatic heterocycles. The second kappa shape index (κ2) is 7.89. The number of hydrogen-bond acceptors (Lipinski definition) is 2. The van der Waals surface area contributed by atoms with Crippen LogP contribution in [0.3, 0.4) is 0 Å². The molecule has 0 unspecified atom stereocenters. The Morgan fingerprint density at radius 3 is 1.85 bits per heavy atom. The molecule has 2 N–H and O–H groups in total. The van der Waals surface area contributed by atoms with E-state index in [0.29, 0.717) is 17.3 Å². The molecule has 0 aliphatic heterocycles. The summed E-state index contributed by atoms with van der Waals surface area (Å²) in [7, 11) is -2.57. The molecule has 0 spiro atoms.